The molecule has 8 heteroatoms. The van der Waals surface area contributed by atoms with Gasteiger partial charge in [0.2, 0.25) is 0 Å². The van der Waals surface area contributed by atoms with Crippen molar-refractivity contribution < 1.29 is 9.53 Å². The minimum absolute atomic E-state index is 0.175. The lowest BCUT2D eigenvalue weighted by Gasteiger charge is -2.36. The molecule has 2 atom stereocenters. The van der Waals surface area contributed by atoms with Crippen molar-refractivity contribution in [1.82, 2.24) is 9.97 Å². The van der Waals surface area contributed by atoms with E-state index in [-0.39, 0.29) is 12.2 Å². The number of pyridine rings is 2. The number of primary amides is 1. The van der Waals surface area contributed by atoms with E-state index < -0.39 is 5.91 Å². The fourth-order valence-corrected chi connectivity index (χ4v) is 3.34. The number of rotatable bonds is 4. The molecule has 25 heavy (non-hydrogen) atoms. The summed E-state index contributed by atoms with van der Waals surface area (Å²) in [6.45, 7) is 5.74. The van der Waals surface area contributed by atoms with Gasteiger partial charge in [-0.2, -0.15) is 0 Å². The Hall–Kier alpha value is -2.19. The van der Waals surface area contributed by atoms with Crippen LogP contribution in [0.25, 0.3) is 0 Å². The third kappa shape index (κ3) is 4.08. The van der Waals surface area contributed by atoms with Crippen molar-refractivity contribution in [3.05, 3.63) is 40.8 Å². The fraction of sp³-hybridized carbons (Fsp3) is 0.353. The van der Waals surface area contributed by atoms with Gasteiger partial charge < -0.3 is 20.7 Å². The normalized spacial score (nSPS) is 20.4. The molecule has 0 aromatic carbocycles. The van der Waals surface area contributed by atoms with E-state index in [0.29, 0.717) is 15.7 Å². The maximum absolute atomic E-state index is 11.6. The first kappa shape index (κ1) is 17.6. The van der Waals surface area contributed by atoms with E-state index in [1.54, 1.807) is 12.4 Å². The number of nitrogens with zero attached hydrogens (tertiary/aromatic N) is 3. The molecular weight excluding hydrogens is 386 g/mol. The first-order chi connectivity index (χ1) is 11.9. The Balaban J connectivity index is 1.79. The summed E-state index contributed by atoms with van der Waals surface area (Å²) in [6, 6.07) is 3.87. The van der Waals surface area contributed by atoms with Gasteiger partial charge in [0.15, 0.2) is 0 Å². The molecule has 0 bridgehead atoms. The van der Waals surface area contributed by atoms with Crippen LogP contribution in [0.3, 0.4) is 0 Å². The third-order valence-electron chi connectivity index (χ3n) is 3.93. The van der Waals surface area contributed by atoms with Gasteiger partial charge in [0, 0.05) is 25.5 Å². The molecule has 1 saturated heterocycles. The third-order valence-corrected chi connectivity index (χ3v) is 4.53. The molecule has 7 nitrogen and oxygen atoms in total. The maximum atomic E-state index is 11.6. The van der Waals surface area contributed by atoms with Gasteiger partial charge in [-0.15, -0.1) is 0 Å². The first-order valence-corrected chi connectivity index (χ1v) is 8.80. The van der Waals surface area contributed by atoms with E-state index in [1.807, 2.05) is 12.1 Å². The summed E-state index contributed by atoms with van der Waals surface area (Å²) in [7, 11) is 0. The minimum atomic E-state index is -0.544. The number of nitrogens with one attached hydrogen (secondary N) is 1. The molecule has 132 valence electrons. The topological polar surface area (TPSA) is 93.4 Å². The molecule has 1 amide bonds. The number of anilines is 3. The number of halogens is 1. The Morgan fingerprint density at radius 1 is 1.28 bits per heavy atom. The summed E-state index contributed by atoms with van der Waals surface area (Å²) in [5.74, 6) is 0.355. The Labute approximate surface area is 154 Å². The highest BCUT2D eigenvalue weighted by molar-refractivity contribution is 9.10. The van der Waals surface area contributed by atoms with E-state index in [9.17, 15) is 4.79 Å². The van der Waals surface area contributed by atoms with Crippen molar-refractivity contribution in [2.24, 2.45) is 5.73 Å². The number of hydrogen-bond donors (Lipinski definition) is 2. The SMILES string of the molecule is CC1CN(c2ccc(Nc3c(Br)cncc3C(N)=O)cn2)CC(C)O1. The van der Waals surface area contributed by atoms with Crippen LogP contribution in [0.15, 0.2) is 35.2 Å². The molecule has 2 aromatic heterocycles. The predicted octanol–water partition coefficient (Wildman–Crippen LogP) is 2.70. The summed E-state index contributed by atoms with van der Waals surface area (Å²) < 4.78 is 6.41. The zero-order chi connectivity index (χ0) is 18.0. The van der Waals surface area contributed by atoms with Crippen molar-refractivity contribution in [3.63, 3.8) is 0 Å². The molecule has 1 aliphatic rings. The average molecular weight is 406 g/mol. The number of hydrogen-bond acceptors (Lipinski definition) is 6. The largest absolute Gasteiger partial charge is 0.372 e. The van der Waals surface area contributed by atoms with Gasteiger partial charge in [-0.1, -0.05) is 0 Å². The van der Waals surface area contributed by atoms with Crippen molar-refractivity contribution >= 4 is 39.0 Å². The summed E-state index contributed by atoms with van der Waals surface area (Å²) >= 11 is 3.39. The molecule has 3 heterocycles. The number of carbonyl (C=O) groups is 1. The molecule has 2 unspecified atom stereocenters. The highest BCUT2D eigenvalue weighted by atomic mass is 79.9. The number of aromatic nitrogens is 2. The second-order valence-electron chi connectivity index (χ2n) is 6.10. The Morgan fingerprint density at radius 3 is 2.60 bits per heavy atom. The zero-order valence-corrected chi connectivity index (χ0v) is 15.7. The summed E-state index contributed by atoms with van der Waals surface area (Å²) in [5, 5.41) is 3.18. The van der Waals surface area contributed by atoms with Crippen LogP contribution < -0.4 is 16.0 Å². The van der Waals surface area contributed by atoms with E-state index in [1.165, 1.54) is 6.20 Å². The predicted molar refractivity (Wildman–Crippen MR) is 100 cm³/mol. The quantitative estimate of drug-likeness (QED) is 0.811. The summed E-state index contributed by atoms with van der Waals surface area (Å²) in [6.07, 6.45) is 5.13. The molecule has 0 aliphatic carbocycles. The summed E-state index contributed by atoms with van der Waals surface area (Å²) in [4.78, 5) is 22.3. The van der Waals surface area contributed by atoms with Crippen LogP contribution in [0.5, 0.6) is 0 Å². The number of amides is 1. The monoisotopic (exact) mass is 405 g/mol. The van der Waals surface area contributed by atoms with Crippen molar-refractivity contribution in [2.75, 3.05) is 23.3 Å². The molecule has 2 aromatic rings. The molecule has 3 rings (SSSR count). The van der Waals surface area contributed by atoms with Gasteiger partial charge in [-0.3, -0.25) is 9.78 Å². The number of ether oxygens (including phenoxy) is 1. The lowest BCUT2D eigenvalue weighted by molar-refractivity contribution is -0.00545. The van der Waals surface area contributed by atoms with Crippen LogP contribution in [-0.4, -0.2) is 41.2 Å². The van der Waals surface area contributed by atoms with Crippen LogP contribution in [0.2, 0.25) is 0 Å². The molecule has 0 spiro atoms. The molecule has 1 fully saturated rings. The minimum Gasteiger partial charge on any atom is -0.372 e. The molecule has 1 aliphatic heterocycles. The Morgan fingerprint density at radius 2 is 2.00 bits per heavy atom. The Kier molecular flexibility index (Phi) is 5.19. The van der Waals surface area contributed by atoms with Crippen LogP contribution in [0.1, 0.15) is 24.2 Å². The van der Waals surface area contributed by atoms with Gasteiger partial charge in [0.1, 0.15) is 5.82 Å². The second kappa shape index (κ2) is 7.37. The van der Waals surface area contributed by atoms with E-state index in [0.717, 1.165) is 24.6 Å². The second-order valence-corrected chi connectivity index (χ2v) is 6.95. The standard InChI is InChI=1S/C17H20BrN5O2/c1-10-8-23(9-11(2)25-10)15-4-3-12(5-21-15)22-16-13(17(19)24)6-20-7-14(16)18/h3-7,10-11H,8-9H2,1-2H3,(H2,19,24)(H,20,22). The summed E-state index contributed by atoms with van der Waals surface area (Å²) in [5.41, 5.74) is 7.06. The van der Waals surface area contributed by atoms with E-state index >= 15 is 0 Å². The maximum Gasteiger partial charge on any atom is 0.252 e. The first-order valence-electron chi connectivity index (χ1n) is 8.01. The molecular formula is C17H20BrN5O2. The van der Waals surface area contributed by atoms with Crippen LogP contribution >= 0.6 is 15.9 Å². The number of nitrogens with two attached hydrogens (primary N) is 1. The van der Waals surface area contributed by atoms with E-state index in [2.05, 4.69) is 50.0 Å². The molecule has 0 radical (unpaired) electrons. The lowest BCUT2D eigenvalue weighted by Crippen LogP contribution is -2.45. The molecule has 0 saturated carbocycles. The fourth-order valence-electron chi connectivity index (χ4n) is 2.91. The molecule has 3 N–H and O–H groups in total. The van der Waals surface area contributed by atoms with E-state index in [4.69, 9.17) is 10.5 Å². The highest BCUT2D eigenvalue weighted by Crippen LogP contribution is 2.29. The highest BCUT2D eigenvalue weighted by Gasteiger charge is 2.23. The van der Waals surface area contributed by atoms with Gasteiger partial charge in [0.05, 0.1) is 39.8 Å². The van der Waals surface area contributed by atoms with Crippen molar-refractivity contribution in [1.29, 1.82) is 0 Å². The lowest BCUT2D eigenvalue weighted by atomic mass is 10.2. The van der Waals surface area contributed by atoms with Crippen LogP contribution in [0, 0.1) is 0 Å². The van der Waals surface area contributed by atoms with Crippen molar-refractivity contribution in [3.8, 4) is 0 Å². The Bertz CT molecular complexity index is 758. The number of morpholine rings is 1. The van der Waals surface area contributed by atoms with Gasteiger partial charge in [-0.25, -0.2) is 4.98 Å². The van der Waals surface area contributed by atoms with Crippen LogP contribution in [-0.2, 0) is 4.74 Å². The van der Waals surface area contributed by atoms with Crippen molar-refractivity contribution in [2.45, 2.75) is 26.1 Å². The smallest absolute Gasteiger partial charge is 0.252 e. The average Bonchev–Trinajstić information content (AvgIpc) is 2.56. The van der Waals surface area contributed by atoms with Gasteiger partial charge in [0.25, 0.3) is 5.91 Å². The van der Waals surface area contributed by atoms with Gasteiger partial charge >= 0.3 is 0 Å². The van der Waals surface area contributed by atoms with Gasteiger partial charge in [-0.05, 0) is 41.9 Å². The zero-order valence-electron chi connectivity index (χ0n) is 14.1. The number of carbonyl (C=O) groups excluding carboxylic acids is 1. The van der Waals surface area contributed by atoms with Crippen LogP contribution in [0.4, 0.5) is 17.2 Å².